The molecule has 1 saturated heterocycles. The van der Waals surface area contributed by atoms with Crippen molar-refractivity contribution in [3.63, 3.8) is 0 Å². The molecule has 2 N–H and O–H groups in total. The number of hydrogen-bond donors (Lipinski definition) is 1. The number of carbonyl (C=O) groups is 1. The average Bonchev–Trinajstić information content (AvgIpc) is 2.52. The van der Waals surface area contributed by atoms with Gasteiger partial charge in [0.2, 0.25) is 5.91 Å². The number of likely N-dealkylation sites (tertiary alicyclic amines) is 1. The van der Waals surface area contributed by atoms with E-state index in [9.17, 15) is 14.9 Å². The number of carbonyl (C=O) groups excluding carboxylic acids is 1. The zero-order chi connectivity index (χ0) is 16.1. The first kappa shape index (κ1) is 15.5. The fraction of sp³-hybridized carbons (Fsp3) is 0.333. The molecule has 0 saturated carbocycles. The van der Waals surface area contributed by atoms with Gasteiger partial charge < -0.3 is 10.6 Å². The second-order valence-corrected chi connectivity index (χ2v) is 5.15. The molecular weight excluding hydrogens is 284 g/mol. The number of nitriles is 1. The van der Waals surface area contributed by atoms with Gasteiger partial charge in [0.25, 0.3) is 5.69 Å². The Hall–Kier alpha value is -2.88. The third-order valence-corrected chi connectivity index (χ3v) is 3.72. The first-order valence-electron chi connectivity index (χ1n) is 6.92. The Morgan fingerprint density at radius 3 is 2.95 bits per heavy atom. The smallest absolute Gasteiger partial charge is 0.270 e. The van der Waals surface area contributed by atoms with Crippen LogP contribution in [0.1, 0.15) is 18.4 Å². The van der Waals surface area contributed by atoms with Crippen molar-refractivity contribution in [2.45, 2.75) is 12.8 Å². The first-order chi connectivity index (χ1) is 10.5. The van der Waals surface area contributed by atoms with Crippen LogP contribution < -0.4 is 5.73 Å². The molecule has 0 aromatic heterocycles. The largest absolute Gasteiger partial charge is 0.370 e. The molecule has 1 aromatic carbocycles. The summed E-state index contributed by atoms with van der Waals surface area (Å²) in [6.07, 6.45) is 2.86. The minimum atomic E-state index is -0.476. The molecule has 1 fully saturated rings. The number of rotatable bonds is 4. The summed E-state index contributed by atoms with van der Waals surface area (Å²) in [7, 11) is 0. The molecule has 0 radical (unpaired) electrons. The summed E-state index contributed by atoms with van der Waals surface area (Å²) >= 11 is 0. The van der Waals surface area contributed by atoms with Crippen LogP contribution in [-0.4, -0.2) is 28.8 Å². The number of amides is 1. The Balaban J connectivity index is 2.33. The Morgan fingerprint density at radius 2 is 2.32 bits per heavy atom. The van der Waals surface area contributed by atoms with Crippen LogP contribution in [0, 0.1) is 27.4 Å². The maximum absolute atomic E-state index is 11.4. The van der Waals surface area contributed by atoms with Gasteiger partial charge in [0.05, 0.1) is 22.6 Å². The summed E-state index contributed by atoms with van der Waals surface area (Å²) in [5.41, 5.74) is 6.49. The number of nitro benzene ring substituents is 1. The average molecular weight is 300 g/mol. The van der Waals surface area contributed by atoms with Gasteiger partial charge in [0.15, 0.2) is 0 Å². The molecule has 0 aliphatic carbocycles. The number of nitro groups is 1. The van der Waals surface area contributed by atoms with Gasteiger partial charge >= 0.3 is 0 Å². The van der Waals surface area contributed by atoms with Crippen LogP contribution in [0.15, 0.2) is 30.3 Å². The predicted octanol–water partition coefficient (Wildman–Crippen LogP) is 1.66. The lowest BCUT2D eigenvalue weighted by Gasteiger charge is -2.34. The van der Waals surface area contributed by atoms with Gasteiger partial charge in [0.1, 0.15) is 0 Å². The van der Waals surface area contributed by atoms with E-state index in [-0.39, 0.29) is 17.5 Å². The van der Waals surface area contributed by atoms with Crippen molar-refractivity contribution >= 4 is 17.3 Å². The number of allylic oxidation sites excluding steroid dienone is 1. The molecule has 0 unspecified atom stereocenters. The molecule has 1 aliphatic heterocycles. The van der Waals surface area contributed by atoms with Crippen LogP contribution in [0.3, 0.4) is 0 Å². The zero-order valence-electron chi connectivity index (χ0n) is 11.9. The number of piperidine rings is 1. The minimum Gasteiger partial charge on any atom is -0.370 e. The lowest BCUT2D eigenvalue weighted by atomic mass is 9.96. The molecule has 114 valence electrons. The molecule has 1 aliphatic rings. The number of nitrogens with zero attached hydrogens (tertiary/aromatic N) is 3. The minimum absolute atomic E-state index is 0.0372. The van der Waals surface area contributed by atoms with Gasteiger partial charge in [-0.05, 0) is 12.8 Å². The highest BCUT2D eigenvalue weighted by atomic mass is 16.6. The Kier molecular flexibility index (Phi) is 4.73. The molecule has 1 amide bonds. The number of non-ortho nitro benzene ring substituents is 1. The van der Waals surface area contributed by atoms with Gasteiger partial charge in [-0.1, -0.05) is 12.1 Å². The molecular formula is C15H16N4O3. The molecule has 2 rings (SSSR count). The fourth-order valence-electron chi connectivity index (χ4n) is 2.63. The number of primary amides is 1. The van der Waals surface area contributed by atoms with Crippen molar-refractivity contribution < 1.29 is 9.72 Å². The molecule has 0 spiro atoms. The van der Waals surface area contributed by atoms with E-state index in [4.69, 9.17) is 11.0 Å². The molecule has 1 heterocycles. The Morgan fingerprint density at radius 1 is 1.55 bits per heavy atom. The maximum atomic E-state index is 11.4. The van der Waals surface area contributed by atoms with Gasteiger partial charge in [-0.2, -0.15) is 5.26 Å². The third-order valence-electron chi connectivity index (χ3n) is 3.72. The van der Waals surface area contributed by atoms with Crippen LogP contribution >= 0.6 is 0 Å². The van der Waals surface area contributed by atoms with Crippen LogP contribution in [-0.2, 0) is 4.79 Å². The summed E-state index contributed by atoms with van der Waals surface area (Å²) in [4.78, 5) is 23.7. The summed E-state index contributed by atoms with van der Waals surface area (Å²) in [5.74, 6) is -0.630. The number of nitrogens with two attached hydrogens (primary N) is 1. The quantitative estimate of drug-likeness (QED) is 0.516. The fourth-order valence-corrected chi connectivity index (χ4v) is 2.63. The molecule has 1 aromatic rings. The molecule has 22 heavy (non-hydrogen) atoms. The first-order valence-corrected chi connectivity index (χ1v) is 6.92. The number of benzene rings is 1. The van der Waals surface area contributed by atoms with Crippen LogP contribution in [0.4, 0.5) is 5.69 Å². The molecule has 0 bridgehead atoms. The summed E-state index contributed by atoms with van der Waals surface area (Å²) in [6, 6.07) is 8.08. The van der Waals surface area contributed by atoms with E-state index < -0.39 is 4.92 Å². The summed E-state index contributed by atoms with van der Waals surface area (Å²) < 4.78 is 0. The van der Waals surface area contributed by atoms with Crippen LogP contribution in [0.2, 0.25) is 0 Å². The topological polar surface area (TPSA) is 113 Å². The zero-order valence-corrected chi connectivity index (χ0v) is 11.9. The normalized spacial score (nSPS) is 18.6. The SMILES string of the molecule is N#C/C=C(/c1cccc([N+](=O)[O-])c1)N1CCC[C@H](C(N)=O)C1. The van der Waals surface area contributed by atoms with Gasteiger partial charge in [-0.15, -0.1) is 0 Å². The van der Waals surface area contributed by atoms with Crippen molar-refractivity contribution in [2.75, 3.05) is 13.1 Å². The van der Waals surface area contributed by atoms with Crippen LogP contribution in [0.5, 0.6) is 0 Å². The van der Waals surface area contributed by atoms with Crippen molar-refractivity contribution in [1.82, 2.24) is 4.90 Å². The highest BCUT2D eigenvalue weighted by molar-refractivity contribution is 5.77. The van der Waals surface area contributed by atoms with Crippen molar-refractivity contribution in [1.29, 1.82) is 5.26 Å². The van der Waals surface area contributed by atoms with Crippen molar-refractivity contribution in [2.24, 2.45) is 11.7 Å². The second-order valence-electron chi connectivity index (χ2n) is 5.15. The highest BCUT2D eigenvalue weighted by Crippen LogP contribution is 2.27. The van der Waals surface area contributed by atoms with Crippen molar-refractivity contribution in [3.8, 4) is 6.07 Å². The van der Waals surface area contributed by atoms with Gasteiger partial charge in [0, 0.05) is 36.9 Å². The van der Waals surface area contributed by atoms with E-state index in [0.717, 1.165) is 12.8 Å². The van der Waals surface area contributed by atoms with E-state index in [1.807, 2.05) is 11.0 Å². The van der Waals surface area contributed by atoms with E-state index in [2.05, 4.69) is 0 Å². The monoisotopic (exact) mass is 300 g/mol. The molecule has 7 nitrogen and oxygen atoms in total. The lowest BCUT2D eigenvalue weighted by Crippen LogP contribution is -2.40. The Bertz CT molecular complexity index is 663. The van der Waals surface area contributed by atoms with Gasteiger partial charge in [-0.25, -0.2) is 0 Å². The van der Waals surface area contributed by atoms with E-state index >= 15 is 0 Å². The van der Waals surface area contributed by atoms with Crippen LogP contribution in [0.25, 0.3) is 5.70 Å². The summed E-state index contributed by atoms with van der Waals surface area (Å²) in [5, 5.41) is 19.9. The highest BCUT2D eigenvalue weighted by Gasteiger charge is 2.26. The lowest BCUT2D eigenvalue weighted by molar-refractivity contribution is -0.384. The molecule has 1 atom stereocenters. The number of hydrogen-bond acceptors (Lipinski definition) is 5. The van der Waals surface area contributed by atoms with Gasteiger partial charge in [-0.3, -0.25) is 14.9 Å². The second kappa shape index (κ2) is 6.72. The van der Waals surface area contributed by atoms with Crippen molar-refractivity contribution in [3.05, 3.63) is 46.0 Å². The Labute approximate surface area is 127 Å². The molecule has 7 heteroatoms. The maximum Gasteiger partial charge on any atom is 0.270 e. The summed E-state index contributed by atoms with van der Waals surface area (Å²) in [6.45, 7) is 1.10. The standard InChI is InChI=1S/C15H16N4O3/c16-7-6-14(11-3-1-5-13(9-11)19(21)22)18-8-2-4-12(10-18)15(17)20/h1,3,5-6,9,12H,2,4,8,10H2,(H2,17,20)/b14-6-/t12-/m0/s1. The third kappa shape index (κ3) is 3.41. The van der Waals surface area contributed by atoms with E-state index in [1.54, 1.807) is 12.1 Å². The van der Waals surface area contributed by atoms with E-state index in [0.29, 0.717) is 24.4 Å². The predicted molar refractivity (Wildman–Crippen MR) is 80.2 cm³/mol. The van der Waals surface area contributed by atoms with E-state index in [1.165, 1.54) is 18.2 Å².